The maximum absolute atomic E-state index is 9.23. The highest BCUT2D eigenvalue weighted by Gasteiger charge is 2.10. The minimum absolute atomic E-state index is 0.0224. The van der Waals surface area contributed by atoms with E-state index in [0.717, 1.165) is 11.3 Å². The van der Waals surface area contributed by atoms with Crippen LogP contribution in [0, 0.1) is 13.8 Å². The summed E-state index contributed by atoms with van der Waals surface area (Å²) >= 11 is 1.57. The lowest BCUT2D eigenvalue weighted by Crippen LogP contribution is -2.19. The van der Waals surface area contributed by atoms with Crippen LogP contribution in [0.1, 0.15) is 22.7 Å². The second-order valence-corrected chi connectivity index (χ2v) is 5.42. The first-order chi connectivity index (χ1) is 8.04. The van der Waals surface area contributed by atoms with E-state index < -0.39 is 6.10 Å². The van der Waals surface area contributed by atoms with Crippen molar-refractivity contribution in [3.8, 4) is 0 Å². The summed E-state index contributed by atoms with van der Waals surface area (Å²) in [4.78, 5) is 0. The van der Waals surface area contributed by atoms with Crippen molar-refractivity contribution in [1.29, 1.82) is 0 Å². The number of aryl methyl sites for hydroxylation is 2. The Bertz CT molecular complexity index is 357. The number of thioether (sulfide) groups is 1. The van der Waals surface area contributed by atoms with Crippen molar-refractivity contribution < 1.29 is 10.2 Å². The van der Waals surface area contributed by atoms with Gasteiger partial charge in [0.2, 0.25) is 0 Å². The van der Waals surface area contributed by atoms with Crippen LogP contribution in [0.4, 0.5) is 0 Å². The van der Waals surface area contributed by atoms with Gasteiger partial charge in [-0.05, 0) is 25.0 Å². The van der Waals surface area contributed by atoms with Crippen molar-refractivity contribution in [1.82, 2.24) is 0 Å². The van der Waals surface area contributed by atoms with Crippen molar-refractivity contribution in [3.63, 3.8) is 0 Å². The molecule has 0 saturated heterocycles. The molecule has 0 fully saturated rings. The molecule has 0 aliphatic rings. The number of nitrogens with two attached hydrogens (primary N) is 1. The first kappa shape index (κ1) is 14.5. The van der Waals surface area contributed by atoms with Gasteiger partial charge in [0.15, 0.2) is 0 Å². The molecule has 4 N–H and O–H groups in total. The quantitative estimate of drug-likeness (QED) is 0.718. The Kier molecular flexibility index (Phi) is 5.98. The summed E-state index contributed by atoms with van der Waals surface area (Å²) in [6.07, 6.45) is -0.647. The van der Waals surface area contributed by atoms with Crippen LogP contribution in [-0.4, -0.2) is 34.4 Å². The second-order valence-electron chi connectivity index (χ2n) is 4.34. The molecule has 0 heterocycles. The SMILES string of the molecule is Cc1ccc(C)c(C(N)CSCC(O)CO)c1. The van der Waals surface area contributed by atoms with Crippen molar-refractivity contribution in [2.45, 2.75) is 26.0 Å². The van der Waals surface area contributed by atoms with Crippen LogP contribution in [0.25, 0.3) is 0 Å². The van der Waals surface area contributed by atoms with E-state index in [4.69, 9.17) is 10.8 Å². The van der Waals surface area contributed by atoms with E-state index in [2.05, 4.69) is 32.0 Å². The standard InChI is InChI=1S/C13H21NO2S/c1-9-3-4-10(2)12(5-9)13(14)8-17-7-11(16)6-15/h3-5,11,13,15-16H,6-8,14H2,1-2H3. The van der Waals surface area contributed by atoms with Gasteiger partial charge in [0.05, 0.1) is 12.7 Å². The van der Waals surface area contributed by atoms with E-state index in [0.29, 0.717) is 5.75 Å². The minimum atomic E-state index is -0.647. The molecule has 0 aromatic heterocycles. The molecule has 2 atom stereocenters. The molecule has 0 bridgehead atoms. The summed E-state index contributed by atoms with van der Waals surface area (Å²) in [6, 6.07) is 6.25. The lowest BCUT2D eigenvalue weighted by Gasteiger charge is -2.16. The van der Waals surface area contributed by atoms with Crippen molar-refractivity contribution in [2.24, 2.45) is 5.73 Å². The van der Waals surface area contributed by atoms with Gasteiger partial charge in [0, 0.05) is 17.5 Å². The molecule has 3 nitrogen and oxygen atoms in total. The van der Waals surface area contributed by atoms with Crippen LogP contribution in [0.5, 0.6) is 0 Å². The molecule has 1 aromatic rings. The predicted molar refractivity (Wildman–Crippen MR) is 73.3 cm³/mol. The third-order valence-electron chi connectivity index (χ3n) is 2.65. The zero-order valence-electron chi connectivity index (χ0n) is 10.4. The molecular weight excluding hydrogens is 234 g/mol. The average Bonchev–Trinajstić information content (AvgIpc) is 2.31. The fourth-order valence-electron chi connectivity index (χ4n) is 1.63. The van der Waals surface area contributed by atoms with Crippen LogP contribution in [0.15, 0.2) is 18.2 Å². The Labute approximate surface area is 107 Å². The Morgan fingerprint density at radius 2 is 2.00 bits per heavy atom. The fourth-order valence-corrected chi connectivity index (χ4v) is 2.58. The van der Waals surface area contributed by atoms with Gasteiger partial charge in [-0.15, -0.1) is 0 Å². The lowest BCUT2D eigenvalue weighted by molar-refractivity contribution is 0.113. The van der Waals surface area contributed by atoms with Gasteiger partial charge in [-0.2, -0.15) is 11.8 Å². The number of aliphatic hydroxyl groups is 2. The minimum Gasteiger partial charge on any atom is -0.394 e. The number of hydrogen-bond donors (Lipinski definition) is 3. The average molecular weight is 255 g/mol. The Balaban J connectivity index is 2.52. The normalized spacial score (nSPS) is 14.6. The highest BCUT2D eigenvalue weighted by Crippen LogP contribution is 2.21. The van der Waals surface area contributed by atoms with E-state index >= 15 is 0 Å². The Morgan fingerprint density at radius 3 is 2.65 bits per heavy atom. The summed E-state index contributed by atoms with van der Waals surface area (Å²) in [5, 5.41) is 17.9. The zero-order chi connectivity index (χ0) is 12.8. The third kappa shape index (κ3) is 4.68. The molecule has 1 aromatic carbocycles. The number of hydrogen-bond acceptors (Lipinski definition) is 4. The highest BCUT2D eigenvalue weighted by molar-refractivity contribution is 7.99. The molecule has 0 saturated carbocycles. The van der Waals surface area contributed by atoms with E-state index in [9.17, 15) is 5.11 Å². The van der Waals surface area contributed by atoms with Crippen LogP contribution in [0.3, 0.4) is 0 Å². The Hall–Kier alpha value is -0.550. The van der Waals surface area contributed by atoms with E-state index in [-0.39, 0.29) is 12.6 Å². The summed E-state index contributed by atoms with van der Waals surface area (Å²) < 4.78 is 0. The third-order valence-corrected chi connectivity index (χ3v) is 3.87. The molecule has 0 radical (unpaired) electrons. The topological polar surface area (TPSA) is 66.5 Å². The molecule has 0 aliphatic carbocycles. The Morgan fingerprint density at radius 1 is 1.29 bits per heavy atom. The van der Waals surface area contributed by atoms with Gasteiger partial charge in [-0.3, -0.25) is 0 Å². The van der Waals surface area contributed by atoms with Crippen LogP contribution in [-0.2, 0) is 0 Å². The van der Waals surface area contributed by atoms with E-state index in [1.165, 1.54) is 11.1 Å². The molecule has 0 aliphatic heterocycles. The largest absolute Gasteiger partial charge is 0.394 e. The highest BCUT2D eigenvalue weighted by atomic mass is 32.2. The first-order valence-electron chi connectivity index (χ1n) is 5.74. The van der Waals surface area contributed by atoms with Crippen molar-refractivity contribution >= 4 is 11.8 Å². The molecule has 96 valence electrons. The van der Waals surface area contributed by atoms with Crippen LogP contribution >= 0.6 is 11.8 Å². The van der Waals surface area contributed by atoms with Gasteiger partial charge >= 0.3 is 0 Å². The van der Waals surface area contributed by atoms with Gasteiger partial charge in [-0.1, -0.05) is 23.8 Å². The molecule has 4 heteroatoms. The monoisotopic (exact) mass is 255 g/mol. The molecule has 2 unspecified atom stereocenters. The summed E-state index contributed by atoms with van der Waals surface area (Å²) in [5.41, 5.74) is 9.70. The van der Waals surface area contributed by atoms with Gasteiger partial charge in [-0.25, -0.2) is 0 Å². The number of aliphatic hydroxyl groups excluding tert-OH is 2. The maximum atomic E-state index is 9.23. The zero-order valence-corrected chi connectivity index (χ0v) is 11.2. The fraction of sp³-hybridized carbons (Fsp3) is 0.538. The molecular formula is C13H21NO2S. The molecule has 0 spiro atoms. The summed E-state index contributed by atoms with van der Waals surface area (Å²) in [5.74, 6) is 1.27. The van der Waals surface area contributed by atoms with Crippen LogP contribution < -0.4 is 5.73 Å². The second kappa shape index (κ2) is 7.01. The predicted octanol–water partition coefficient (Wildman–Crippen LogP) is 1.39. The smallest absolute Gasteiger partial charge is 0.0861 e. The number of rotatable bonds is 6. The number of benzene rings is 1. The first-order valence-corrected chi connectivity index (χ1v) is 6.89. The molecule has 17 heavy (non-hydrogen) atoms. The van der Waals surface area contributed by atoms with Crippen molar-refractivity contribution in [3.05, 3.63) is 34.9 Å². The van der Waals surface area contributed by atoms with Crippen LogP contribution in [0.2, 0.25) is 0 Å². The molecule has 1 rings (SSSR count). The maximum Gasteiger partial charge on any atom is 0.0861 e. The van der Waals surface area contributed by atoms with E-state index in [1.54, 1.807) is 11.8 Å². The van der Waals surface area contributed by atoms with Gasteiger partial charge in [0.25, 0.3) is 0 Å². The van der Waals surface area contributed by atoms with Gasteiger partial charge < -0.3 is 15.9 Å². The van der Waals surface area contributed by atoms with Gasteiger partial charge in [0.1, 0.15) is 0 Å². The lowest BCUT2D eigenvalue weighted by atomic mass is 10.0. The van der Waals surface area contributed by atoms with Crippen molar-refractivity contribution in [2.75, 3.05) is 18.1 Å². The van der Waals surface area contributed by atoms with E-state index in [1.807, 2.05) is 0 Å². The summed E-state index contributed by atoms with van der Waals surface area (Å²) in [6.45, 7) is 3.92. The summed E-state index contributed by atoms with van der Waals surface area (Å²) in [7, 11) is 0. The molecule has 0 amide bonds.